The van der Waals surface area contributed by atoms with Crippen molar-refractivity contribution in [1.29, 1.82) is 0 Å². The highest BCUT2D eigenvalue weighted by Crippen LogP contribution is 2.20. The van der Waals surface area contributed by atoms with Crippen molar-refractivity contribution in [1.82, 2.24) is 4.57 Å². The lowest BCUT2D eigenvalue weighted by Crippen LogP contribution is -2.24. The predicted molar refractivity (Wildman–Crippen MR) is 80.1 cm³/mol. The van der Waals surface area contributed by atoms with E-state index in [0.29, 0.717) is 11.3 Å². The van der Waals surface area contributed by atoms with Crippen molar-refractivity contribution in [2.45, 2.75) is 33.3 Å². The van der Waals surface area contributed by atoms with Crippen molar-refractivity contribution in [3.05, 3.63) is 47.8 Å². The molecule has 0 fully saturated rings. The Morgan fingerprint density at radius 2 is 1.75 bits per heavy atom. The highest BCUT2D eigenvalue weighted by Gasteiger charge is 2.21. The number of carbonyl (C=O) groups is 1. The van der Waals surface area contributed by atoms with Gasteiger partial charge in [0.2, 0.25) is 0 Å². The minimum atomic E-state index is -0.493. The molecular weight excluding hydrogens is 252 g/mol. The van der Waals surface area contributed by atoms with E-state index in [1.54, 1.807) is 6.07 Å². The Bertz CT molecular complexity index is 619. The summed E-state index contributed by atoms with van der Waals surface area (Å²) >= 11 is 0. The summed E-state index contributed by atoms with van der Waals surface area (Å²) in [6, 6.07) is 9.28. The molecule has 0 aliphatic heterocycles. The van der Waals surface area contributed by atoms with Crippen LogP contribution in [0.25, 0.3) is 5.69 Å². The topological polar surface area (TPSA) is 57.2 Å². The van der Waals surface area contributed by atoms with Gasteiger partial charge >= 0.3 is 5.97 Å². The van der Waals surface area contributed by atoms with Crippen LogP contribution in [0.5, 0.6) is 0 Å². The van der Waals surface area contributed by atoms with Gasteiger partial charge in [-0.1, -0.05) is 0 Å². The molecule has 2 rings (SSSR count). The van der Waals surface area contributed by atoms with Crippen LogP contribution in [0.3, 0.4) is 0 Å². The molecule has 0 atom stereocenters. The monoisotopic (exact) mass is 272 g/mol. The molecule has 2 N–H and O–H groups in total. The molecule has 0 spiro atoms. The van der Waals surface area contributed by atoms with Gasteiger partial charge in [0.05, 0.1) is 5.56 Å². The average Bonchev–Trinajstić information content (AvgIpc) is 2.70. The predicted octanol–water partition coefficient (Wildman–Crippen LogP) is 3.32. The van der Waals surface area contributed by atoms with Crippen LogP contribution >= 0.6 is 0 Å². The summed E-state index contributed by atoms with van der Waals surface area (Å²) in [6.07, 6.45) is 1.86. The number of hydrogen-bond acceptors (Lipinski definition) is 3. The summed E-state index contributed by atoms with van der Waals surface area (Å²) in [6.45, 7) is 7.47. The van der Waals surface area contributed by atoms with Crippen molar-refractivity contribution >= 4 is 11.7 Å². The fraction of sp³-hybridized carbons (Fsp3) is 0.312. The van der Waals surface area contributed by atoms with Crippen molar-refractivity contribution in [2.24, 2.45) is 0 Å². The zero-order valence-corrected chi connectivity index (χ0v) is 12.3. The number of nitrogen functional groups attached to an aromatic ring is 1. The minimum absolute atomic E-state index is 0.302. The molecule has 0 saturated heterocycles. The third-order valence-corrected chi connectivity index (χ3v) is 2.93. The van der Waals surface area contributed by atoms with Crippen LogP contribution in [0.1, 0.15) is 36.8 Å². The van der Waals surface area contributed by atoms with E-state index >= 15 is 0 Å². The number of ether oxygens (including phenoxy) is 1. The van der Waals surface area contributed by atoms with Gasteiger partial charge in [-0.15, -0.1) is 0 Å². The first-order chi connectivity index (χ1) is 9.28. The van der Waals surface area contributed by atoms with E-state index in [1.807, 2.05) is 62.7 Å². The van der Waals surface area contributed by atoms with E-state index in [1.165, 1.54) is 0 Å². The summed E-state index contributed by atoms with van der Waals surface area (Å²) in [5.41, 5.74) is 8.30. The van der Waals surface area contributed by atoms with Gasteiger partial charge in [-0.3, -0.25) is 0 Å². The van der Waals surface area contributed by atoms with Crippen molar-refractivity contribution in [2.75, 3.05) is 5.73 Å². The Morgan fingerprint density at radius 1 is 1.15 bits per heavy atom. The standard InChI is InChI=1S/C16H20N2O2/c1-11-14(15(19)20-16(2,3)4)9-10-18(11)13-7-5-12(17)6-8-13/h5-10H,17H2,1-4H3. The smallest absolute Gasteiger partial charge is 0.340 e. The summed E-state index contributed by atoms with van der Waals surface area (Å²) in [7, 11) is 0. The lowest BCUT2D eigenvalue weighted by atomic mass is 10.2. The molecule has 0 bridgehead atoms. The van der Waals surface area contributed by atoms with Gasteiger partial charge in [0.1, 0.15) is 5.60 Å². The molecule has 2 aromatic rings. The number of carbonyl (C=O) groups excluding carboxylic acids is 1. The van der Waals surface area contributed by atoms with Crippen molar-refractivity contribution in [3.63, 3.8) is 0 Å². The van der Waals surface area contributed by atoms with Gasteiger partial charge in [0, 0.05) is 23.3 Å². The molecule has 0 aliphatic carbocycles. The SMILES string of the molecule is Cc1c(C(=O)OC(C)(C)C)ccn1-c1ccc(N)cc1. The van der Waals surface area contributed by atoms with E-state index in [9.17, 15) is 4.79 Å². The van der Waals surface area contributed by atoms with Crippen LogP contribution < -0.4 is 5.73 Å². The number of rotatable bonds is 2. The van der Waals surface area contributed by atoms with Crippen LogP contribution in [0, 0.1) is 6.92 Å². The normalized spacial score (nSPS) is 11.4. The first-order valence-corrected chi connectivity index (χ1v) is 6.55. The second kappa shape index (κ2) is 5.04. The fourth-order valence-electron chi connectivity index (χ4n) is 1.97. The molecule has 1 aromatic heterocycles. The number of nitrogens with two attached hydrogens (primary N) is 1. The highest BCUT2D eigenvalue weighted by molar-refractivity contribution is 5.91. The van der Waals surface area contributed by atoms with Crippen molar-refractivity contribution < 1.29 is 9.53 Å². The second-order valence-electron chi connectivity index (χ2n) is 5.78. The maximum Gasteiger partial charge on any atom is 0.340 e. The third kappa shape index (κ3) is 3.02. The third-order valence-electron chi connectivity index (χ3n) is 2.93. The summed E-state index contributed by atoms with van der Waals surface area (Å²) in [5.74, 6) is -0.302. The summed E-state index contributed by atoms with van der Waals surface area (Å²) < 4.78 is 7.34. The number of benzene rings is 1. The van der Waals surface area contributed by atoms with E-state index < -0.39 is 5.60 Å². The Balaban J connectivity index is 2.32. The molecule has 1 heterocycles. The Hall–Kier alpha value is -2.23. The Kier molecular flexibility index (Phi) is 3.57. The average molecular weight is 272 g/mol. The first-order valence-electron chi connectivity index (χ1n) is 6.55. The molecule has 0 amide bonds. The van der Waals surface area contributed by atoms with E-state index in [-0.39, 0.29) is 5.97 Å². The van der Waals surface area contributed by atoms with Gasteiger partial charge in [-0.2, -0.15) is 0 Å². The van der Waals surface area contributed by atoms with Crippen LogP contribution in [0.15, 0.2) is 36.5 Å². The maximum atomic E-state index is 12.1. The summed E-state index contributed by atoms with van der Waals surface area (Å²) in [4.78, 5) is 12.1. The molecule has 1 aromatic carbocycles. The molecule has 4 nitrogen and oxygen atoms in total. The quantitative estimate of drug-likeness (QED) is 0.674. The number of nitrogens with zero attached hydrogens (tertiary/aromatic N) is 1. The number of esters is 1. The van der Waals surface area contributed by atoms with Gasteiger partial charge in [0.15, 0.2) is 0 Å². The van der Waals surface area contributed by atoms with Crippen LogP contribution in [-0.2, 0) is 4.74 Å². The zero-order chi connectivity index (χ0) is 14.9. The minimum Gasteiger partial charge on any atom is -0.456 e. The van der Waals surface area contributed by atoms with E-state index in [2.05, 4.69) is 0 Å². The van der Waals surface area contributed by atoms with Crippen molar-refractivity contribution in [3.8, 4) is 5.69 Å². The Morgan fingerprint density at radius 3 is 2.30 bits per heavy atom. The molecule has 0 saturated carbocycles. The van der Waals surface area contributed by atoms with Gasteiger partial charge < -0.3 is 15.0 Å². The zero-order valence-electron chi connectivity index (χ0n) is 12.3. The lowest BCUT2D eigenvalue weighted by molar-refractivity contribution is 0.00688. The fourth-order valence-corrected chi connectivity index (χ4v) is 1.97. The summed E-state index contributed by atoms with van der Waals surface area (Å²) in [5, 5.41) is 0. The largest absolute Gasteiger partial charge is 0.456 e. The Labute approximate surface area is 119 Å². The lowest BCUT2D eigenvalue weighted by Gasteiger charge is -2.19. The molecule has 106 valence electrons. The second-order valence-corrected chi connectivity index (χ2v) is 5.78. The van der Waals surface area contributed by atoms with Crippen LogP contribution in [0.2, 0.25) is 0 Å². The number of anilines is 1. The van der Waals surface area contributed by atoms with Gasteiger partial charge in [0.25, 0.3) is 0 Å². The van der Waals surface area contributed by atoms with Crippen LogP contribution in [-0.4, -0.2) is 16.1 Å². The van der Waals surface area contributed by atoms with Gasteiger partial charge in [-0.25, -0.2) is 4.79 Å². The van der Waals surface area contributed by atoms with E-state index in [0.717, 1.165) is 11.4 Å². The molecule has 0 aliphatic rings. The molecule has 20 heavy (non-hydrogen) atoms. The highest BCUT2D eigenvalue weighted by atomic mass is 16.6. The van der Waals surface area contributed by atoms with Gasteiger partial charge in [-0.05, 0) is 58.0 Å². The molecule has 4 heteroatoms. The molecular formula is C16H20N2O2. The maximum absolute atomic E-state index is 12.1. The van der Waals surface area contributed by atoms with E-state index in [4.69, 9.17) is 10.5 Å². The molecule has 0 unspecified atom stereocenters. The van der Waals surface area contributed by atoms with Crippen LogP contribution in [0.4, 0.5) is 5.69 Å². The first kappa shape index (κ1) is 14.2. The number of hydrogen-bond donors (Lipinski definition) is 1. The molecule has 0 radical (unpaired) electrons. The number of aromatic nitrogens is 1.